The van der Waals surface area contributed by atoms with E-state index in [4.69, 9.17) is 4.52 Å². The van der Waals surface area contributed by atoms with E-state index in [1.54, 1.807) is 6.07 Å². The molecule has 21 heavy (non-hydrogen) atoms. The highest BCUT2D eigenvalue weighted by atomic mass is 32.2. The summed E-state index contributed by atoms with van der Waals surface area (Å²) < 4.78 is 5.17. The zero-order valence-electron chi connectivity index (χ0n) is 12.7. The summed E-state index contributed by atoms with van der Waals surface area (Å²) >= 11 is 1.52. The third-order valence-electron chi connectivity index (χ3n) is 3.05. The fraction of sp³-hybridized carbons (Fsp3) is 0.375. The average molecular weight is 304 g/mol. The van der Waals surface area contributed by atoms with Crippen molar-refractivity contribution in [1.29, 1.82) is 0 Å². The number of aryl methyl sites for hydroxylation is 1. The lowest BCUT2D eigenvalue weighted by molar-refractivity contribution is -0.115. The molecule has 2 rings (SSSR count). The average Bonchev–Trinajstić information content (AvgIpc) is 2.90. The number of aromatic nitrogens is 1. The molecule has 0 bridgehead atoms. The molecule has 1 amide bonds. The minimum absolute atomic E-state index is 0.0795. The summed E-state index contributed by atoms with van der Waals surface area (Å²) in [5.74, 6) is 1.41. The van der Waals surface area contributed by atoms with Crippen LogP contribution in [0, 0.1) is 6.92 Å². The zero-order valence-corrected chi connectivity index (χ0v) is 13.5. The van der Waals surface area contributed by atoms with Crippen LogP contribution in [0.3, 0.4) is 0 Å². The van der Waals surface area contributed by atoms with Gasteiger partial charge < -0.3 is 9.84 Å². The highest BCUT2D eigenvalue weighted by Crippen LogP contribution is 2.25. The molecule has 5 heteroatoms. The molecule has 0 spiro atoms. The lowest BCUT2D eigenvalue weighted by Gasteiger charge is -2.10. The van der Waals surface area contributed by atoms with Gasteiger partial charge in [0.25, 0.3) is 0 Å². The Kier molecular flexibility index (Phi) is 5.07. The van der Waals surface area contributed by atoms with Gasteiger partial charge in [0.1, 0.15) is 5.76 Å². The first kappa shape index (κ1) is 15.6. The van der Waals surface area contributed by atoms with Crippen LogP contribution in [0.2, 0.25) is 0 Å². The van der Waals surface area contributed by atoms with Crippen molar-refractivity contribution in [2.75, 3.05) is 5.32 Å². The Labute approximate surface area is 129 Å². The van der Waals surface area contributed by atoms with Gasteiger partial charge in [-0.25, -0.2) is 0 Å². The van der Waals surface area contributed by atoms with Crippen molar-refractivity contribution < 1.29 is 9.32 Å². The summed E-state index contributed by atoms with van der Waals surface area (Å²) in [6.07, 6.45) is 0. The van der Waals surface area contributed by atoms with Gasteiger partial charge in [0.05, 0.1) is 5.25 Å². The summed E-state index contributed by atoms with van der Waals surface area (Å²) in [4.78, 5) is 13.2. The van der Waals surface area contributed by atoms with Gasteiger partial charge in [0.15, 0.2) is 5.82 Å². The standard InChI is InChI=1S/C16H20N2O2S/c1-10(2)14-9-15(18-20-14)17-16(19)12(4)21-13-7-5-11(3)6-8-13/h5-10,12H,1-4H3,(H,17,18,19)/t12-/m1/s1. The number of amides is 1. The SMILES string of the molecule is Cc1ccc(S[C@H](C)C(=O)Nc2cc(C(C)C)on2)cc1. The highest BCUT2D eigenvalue weighted by molar-refractivity contribution is 8.00. The van der Waals surface area contributed by atoms with E-state index in [0.717, 1.165) is 10.7 Å². The van der Waals surface area contributed by atoms with Gasteiger partial charge in [-0.3, -0.25) is 4.79 Å². The Bertz CT molecular complexity index is 605. The monoisotopic (exact) mass is 304 g/mol. The van der Waals surface area contributed by atoms with E-state index in [9.17, 15) is 4.79 Å². The molecule has 0 aliphatic heterocycles. The van der Waals surface area contributed by atoms with E-state index in [-0.39, 0.29) is 17.1 Å². The smallest absolute Gasteiger partial charge is 0.238 e. The van der Waals surface area contributed by atoms with Gasteiger partial charge in [-0.2, -0.15) is 0 Å². The van der Waals surface area contributed by atoms with Gasteiger partial charge in [0, 0.05) is 16.9 Å². The van der Waals surface area contributed by atoms with Crippen LogP contribution in [0.15, 0.2) is 39.8 Å². The first-order valence-corrected chi connectivity index (χ1v) is 7.84. The van der Waals surface area contributed by atoms with Gasteiger partial charge in [-0.05, 0) is 26.0 Å². The molecular weight excluding hydrogens is 284 g/mol. The molecule has 1 aromatic carbocycles. The zero-order chi connectivity index (χ0) is 15.4. The number of rotatable bonds is 5. The maximum Gasteiger partial charge on any atom is 0.238 e. The van der Waals surface area contributed by atoms with Crippen LogP contribution in [0.5, 0.6) is 0 Å². The van der Waals surface area contributed by atoms with Crippen molar-refractivity contribution >= 4 is 23.5 Å². The number of anilines is 1. The molecular formula is C16H20N2O2S. The number of nitrogens with zero attached hydrogens (tertiary/aromatic N) is 1. The molecule has 0 unspecified atom stereocenters. The first-order chi connectivity index (χ1) is 9.95. The van der Waals surface area contributed by atoms with E-state index < -0.39 is 0 Å². The summed E-state index contributed by atoms with van der Waals surface area (Å²) in [6.45, 7) is 7.95. The molecule has 4 nitrogen and oxygen atoms in total. The second kappa shape index (κ2) is 6.80. The summed E-state index contributed by atoms with van der Waals surface area (Å²) in [6, 6.07) is 9.90. The number of carbonyl (C=O) groups is 1. The number of benzene rings is 1. The van der Waals surface area contributed by atoms with E-state index in [1.807, 2.05) is 52.0 Å². The number of nitrogens with one attached hydrogen (secondary N) is 1. The van der Waals surface area contributed by atoms with Gasteiger partial charge >= 0.3 is 0 Å². The second-order valence-corrected chi connectivity index (χ2v) is 6.75. The summed E-state index contributed by atoms with van der Waals surface area (Å²) in [5, 5.41) is 6.44. The van der Waals surface area contributed by atoms with Crippen LogP contribution in [0.25, 0.3) is 0 Å². The first-order valence-electron chi connectivity index (χ1n) is 6.96. The lowest BCUT2D eigenvalue weighted by atomic mass is 10.2. The van der Waals surface area contributed by atoms with Crippen LogP contribution in [0.1, 0.15) is 38.0 Å². The van der Waals surface area contributed by atoms with Gasteiger partial charge in [0.2, 0.25) is 5.91 Å². The minimum Gasteiger partial charge on any atom is -0.359 e. The number of thioether (sulfide) groups is 1. The maximum atomic E-state index is 12.1. The Morgan fingerprint density at radius 3 is 2.48 bits per heavy atom. The maximum absolute atomic E-state index is 12.1. The van der Waals surface area contributed by atoms with Crippen molar-refractivity contribution in [1.82, 2.24) is 5.16 Å². The molecule has 112 valence electrons. The number of hydrogen-bond acceptors (Lipinski definition) is 4. The molecule has 0 radical (unpaired) electrons. The summed E-state index contributed by atoms with van der Waals surface area (Å²) in [5.41, 5.74) is 1.21. The van der Waals surface area contributed by atoms with Gasteiger partial charge in [-0.1, -0.05) is 36.7 Å². The van der Waals surface area contributed by atoms with Crippen LogP contribution in [0.4, 0.5) is 5.82 Å². The fourth-order valence-corrected chi connectivity index (χ4v) is 2.59. The van der Waals surface area contributed by atoms with Crippen molar-refractivity contribution in [2.45, 2.75) is 43.8 Å². The molecule has 0 saturated carbocycles. The van der Waals surface area contributed by atoms with E-state index in [2.05, 4.69) is 10.5 Å². The largest absolute Gasteiger partial charge is 0.359 e. The van der Waals surface area contributed by atoms with Gasteiger partial charge in [-0.15, -0.1) is 11.8 Å². The quantitative estimate of drug-likeness (QED) is 0.840. The van der Waals surface area contributed by atoms with Crippen molar-refractivity contribution in [3.63, 3.8) is 0 Å². The van der Waals surface area contributed by atoms with Crippen LogP contribution < -0.4 is 5.32 Å². The van der Waals surface area contributed by atoms with E-state index in [1.165, 1.54) is 17.3 Å². The molecule has 0 saturated heterocycles. The minimum atomic E-state index is -0.202. The number of carbonyl (C=O) groups excluding carboxylic acids is 1. The topological polar surface area (TPSA) is 55.1 Å². The van der Waals surface area contributed by atoms with E-state index >= 15 is 0 Å². The molecule has 1 aromatic heterocycles. The van der Waals surface area contributed by atoms with Crippen molar-refractivity contribution in [3.05, 3.63) is 41.7 Å². The van der Waals surface area contributed by atoms with Crippen LogP contribution in [-0.2, 0) is 4.79 Å². The molecule has 1 atom stereocenters. The fourth-order valence-electron chi connectivity index (χ4n) is 1.72. The predicted molar refractivity (Wildman–Crippen MR) is 85.7 cm³/mol. The molecule has 0 fully saturated rings. The Hall–Kier alpha value is -1.75. The Balaban J connectivity index is 1.94. The van der Waals surface area contributed by atoms with E-state index in [0.29, 0.717) is 5.82 Å². The highest BCUT2D eigenvalue weighted by Gasteiger charge is 2.17. The molecule has 0 aliphatic rings. The van der Waals surface area contributed by atoms with Crippen LogP contribution in [-0.4, -0.2) is 16.3 Å². The predicted octanol–water partition coefficient (Wildman–Crippen LogP) is 4.23. The molecule has 1 heterocycles. The Morgan fingerprint density at radius 2 is 1.90 bits per heavy atom. The van der Waals surface area contributed by atoms with Crippen molar-refractivity contribution in [2.24, 2.45) is 0 Å². The summed E-state index contributed by atoms with van der Waals surface area (Å²) in [7, 11) is 0. The molecule has 2 aromatic rings. The third-order valence-corrected chi connectivity index (χ3v) is 4.16. The Morgan fingerprint density at radius 1 is 1.24 bits per heavy atom. The second-order valence-electron chi connectivity index (χ2n) is 5.33. The molecule has 0 aliphatic carbocycles. The third kappa shape index (κ3) is 4.36. The number of hydrogen-bond donors (Lipinski definition) is 1. The lowest BCUT2D eigenvalue weighted by Crippen LogP contribution is -2.22. The molecule has 1 N–H and O–H groups in total. The van der Waals surface area contributed by atoms with Crippen LogP contribution >= 0.6 is 11.8 Å². The normalized spacial score (nSPS) is 12.4. The van der Waals surface area contributed by atoms with Crippen molar-refractivity contribution in [3.8, 4) is 0 Å².